The van der Waals surface area contributed by atoms with Crippen LogP contribution in [0.3, 0.4) is 0 Å². The number of aliphatic hydroxyl groups excluding tert-OH is 1. The van der Waals surface area contributed by atoms with Gasteiger partial charge in [0, 0.05) is 23.5 Å². The number of halogens is 4. The first-order valence-corrected chi connectivity index (χ1v) is 12.2. The van der Waals surface area contributed by atoms with Gasteiger partial charge in [0.25, 0.3) is 0 Å². The summed E-state index contributed by atoms with van der Waals surface area (Å²) in [7, 11) is 0. The Morgan fingerprint density at radius 2 is 1.84 bits per heavy atom. The van der Waals surface area contributed by atoms with Crippen LogP contribution in [0.2, 0.25) is 5.02 Å². The lowest BCUT2D eigenvalue weighted by atomic mass is 10.0. The van der Waals surface area contributed by atoms with E-state index in [1.807, 2.05) is 20.8 Å². The van der Waals surface area contributed by atoms with Gasteiger partial charge in [-0.3, -0.25) is 4.98 Å². The number of aryl methyl sites for hydroxylation is 1. The highest BCUT2D eigenvalue weighted by Gasteiger charge is 2.32. The van der Waals surface area contributed by atoms with E-state index in [0.717, 1.165) is 12.1 Å². The third kappa shape index (κ3) is 8.37. The first-order chi connectivity index (χ1) is 17.6. The van der Waals surface area contributed by atoms with Crippen LogP contribution in [0.15, 0.2) is 85.4 Å². The molecule has 0 aliphatic heterocycles. The molecule has 0 bridgehead atoms. The lowest BCUT2D eigenvalue weighted by Crippen LogP contribution is -2.07. The lowest BCUT2D eigenvalue weighted by molar-refractivity contribution is -0.137. The minimum atomic E-state index is -4.50. The van der Waals surface area contributed by atoms with Crippen LogP contribution in [0, 0.1) is 0 Å². The summed E-state index contributed by atoms with van der Waals surface area (Å²) in [5, 5.41) is 10.3. The summed E-state index contributed by atoms with van der Waals surface area (Å²) in [5.74, 6) is 0.797. The van der Waals surface area contributed by atoms with Crippen molar-refractivity contribution >= 4 is 11.6 Å². The third-order valence-electron chi connectivity index (χ3n) is 5.19. The summed E-state index contributed by atoms with van der Waals surface area (Å²) >= 11 is 6.18. The highest BCUT2D eigenvalue weighted by atomic mass is 35.5. The molecule has 4 nitrogen and oxygen atoms in total. The van der Waals surface area contributed by atoms with E-state index < -0.39 is 17.8 Å². The van der Waals surface area contributed by atoms with Gasteiger partial charge in [0.1, 0.15) is 30.0 Å². The van der Waals surface area contributed by atoms with Crippen molar-refractivity contribution in [2.24, 2.45) is 0 Å². The second-order valence-corrected chi connectivity index (χ2v) is 8.28. The molecule has 8 heteroatoms. The van der Waals surface area contributed by atoms with Crippen LogP contribution in [-0.4, -0.2) is 10.1 Å². The van der Waals surface area contributed by atoms with Crippen molar-refractivity contribution in [3.63, 3.8) is 0 Å². The minimum Gasteiger partial charge on any atom is -0.489 e. The Morgan fingerprint density at radius 3 is 2.46 bits per heavy atom. The molecule has 0 aliphatic carbocycles. The zero-order valence-corrected chi connectivity index (χ0v) is 21.9. The van der Waals surface area contributed by atoms with Crippen molar-refractivity contribution < 1.29 is 27.8 Å². The molecule has 0 radical (unpaired) electrons. The number of alkyl halides is 3. The van der Waals surface area contributed by atoms with Gasteiger partial charge in [-0.1, -0.05) is 70.1 Å². The van der Waals surface area contributed by atoms with E-state index in [1.165, 1.54) is 6.20 Å². The van der Waals surface area contributed by atoms with E-state index in [2.05, 4.69) is 18.1 Å². The summed E-state index contributed by atoms with van der Waals surface area (Å²) < 4.78 is 51.2. The Kier molecular flexibility index (Phi) is 11.2. The Morgan fingerprint density at radius 1 is 1.11 bits per heavy atom. The standard InChI is InChI=1S/C27H25ClF3NO3.C2H6/c1-4-7-20-13-22(27(29,30)31)14-24(28)26(20)35-23-10-5-8-19(12-23)16-34-18(3)17(2)25(33)21-9-6-11-32-15-21;1-2/h5-6,8-15,25,33H,2-4,7,16H2,1H3;1-2H3. The number of benzene rings is 2. The number of rotatable bonds is 10. The van der Waals surface area contributed by atoms with Crippen molar-refractivity contribution in [3.8, 4) is 11.5 Å². The molecule has 0 spiro atoms. The first-order valence-electron chi connectivity index (χ1n) is 11.9. The van der Waals surface area contributed by atoms with E-state index in [-0.39, 0.29) is 23.1 Å². The molecule has 0 saturated carbocycles. The third-order valence-corrected chi connectivity index (χ3v) is 5.47. The van der Waals surface area contributed by atoms with Crippen LogP contribution >= 0.6 is 11.6 Å². The average molecular weight is 534 g/mol. The zero-order chi connectivity index (χ0) is 27.6. The second kappa shape index (κ2) is 13.9. The molecular formula is C29H31ClF3NO3. The zero-order valence-electron chi connectivity index (χ0n) is 21.1. The second-order valence-electron chi connectivity index (χ2n) is 7.87. The Labute approximate surface area is 221 Å². The number of aliphatic hydroxyl groups is 1. The van der Waals surface area contributed by atoms with Crippen molar-refractivity contribution in [3.05, 3.63) is 113 Å². The van der Waals surface area contributed by atoms with Crippen LogP contribution in [0.1, 0.15) is 55.5 Å². The fraction of sp³-hybridized carbons (Fsp3) is 0.276. The van der Waals surface area contributed by atoms with Crippen LogP contribution < -0.4 is 4.74 Å². The number of pyridine rings is 1. The van der Waals surface area contributed by atoms with Gasteiger partial charge in [0.05, 0.1) is 10.6 Å². The van der Waals surface area contributed by atoms with E-state index >= 15 is 0 Å². The summed E-state index contributed by atoms with van der Waals surface area (Å²) in [4.78, 5) is 3.98. The number of ether oxygens (including phenoxy) is 2. The molecule has 0 fully saturated rings. The molecule has 198 valence electrons. The Hall–Kier alpha value is -3.29. The number of aromatic nitrogens is 1. The van der Waals surface area contributed by atoms with Crippen LogP contribution in [0.4, 0.5) is 13.2 Å². The van der Waals surface area contributed by atoms with Crippen molar-refractivity contribution in [1.82, 2.24) is 4.98 Å². The van der Waals surface area contributed by atoms with Crippen LogP contribution in [-0.2, 0) is 23.9 Å². The van der Waals surface area contributed by atoms with Gasteiger partial charge in [0.15, 0.2) is 0 Å². The molecule has 1 aromatic heterocycles. The number of hydrogen-bond acceptors (Lipinski definition) is 4. The van der Waals surface area contributed by atoms with Gasteiger partial charge in [-0.25, -0.2) is 0 Å². The molecule has 37 heavy (non-hydrogen) atoms. The van der Waals surface area contributed by atoms with E-state index in [1.54, 1.807) is 42.6 Å². The van der Waals surface area contributed by atoms with E-state index in [4.69, 9.17) is 21.1 Å². The molecule has 1 unspecified atom stereocenters. The van der Waals surface area contributed by atoms with Gasteiger partial charge in [-0.05, 0) is 47.9 Å². The molecule has 1 atom stereocenters. The van der Waals surface area contributed by atoms with Crippen LogP contribution in [0.5, 0.6) is 11.5 Å². The number of hydrogen-bond donors (Lipinski definition) is 1. The number of nitrogens with zero attached hydrogens (tertiary/aromatic N) is 1. The highest BCUT2D eigenvalue weighted by Crippen LogP contribution is 2.40. The minimum absolute atomic E-state index is 0.109. The smallest absolute Gasteiger partial charge is 0.416 e. The Balaban J connectivity index is 0.00000235. The van der Waals surface area contributed by atoms with Gasteiger partial charge in [-0.2, -0.15) is 13.2 Å². The molecule has 3 rings (SSSR count). The largest absolute Gasteiger partial charge is 0.489 e. The molecule has 2 aromatic carbocycles. The maximum atomic E-state index is 13.2. The summed E-state index contributed by atoms with van der Waals surface area (Å²) in [6.07, 6.45) is -1.38. The fourth-order valence-corrected chi connectivity index (χ4v) is 3.63. The molecule has 0 amide bonds. The van der Waals surface area contributed by atoms with Crippen molar-refractivity contribution in [2.75, 3.05) is 0 Å². The molecule has 1 heterocycles. The quantitative estimate of drug-likeness (QED) is 0.209. The molecule has 1 N–H and O–H groups in total. The SMILES string of the molecule is C=C(OCc1cccc(Oc2c(Cl)cc(C(F)(F)F)cc2CCC)c1)C(=C)C(O)c1cccnc1.CC. The molecule has 3 aromatic rings. The average Bonchev–Trinajstić information content (AvgIpc) is 2.89. The predicted octanol–water partition coefficient (Wildman–Crippen LogP) is 8.84. The summed E-state index contributed by atoms with van der Waals surface area (Å²) in [6.45, 7) is 13.7. The predicted molar refractivity (Wildman–Crippen MR) is 141 cm³/mol. The molecule has 0 aliphatic rings. The van der Waals surface area contributed by atoms with Crippen LogP contribution in [0.25, 0.3) is 0 Å². The van der Waals surface area contributed by atoms with Gasteiger partial charge < -0.3 is 14.6 Å². The van der Waals surface area contributed by atoms with Gasteiger partial charge in [0.2, 0.25) is 0 Å². The summed E-state index contributed by atoms with van der Waals surface area (Å²) in [5.41, 5.74) is 1.14. The maximum Gasteiger partial charge on any atom is 0.416 e. The van der Waals surface area contributed by atoms with Crippen molar-refractivity contribution in [1.29, 1.82) is 0 Å². The maximum absolute atomic E-state index is 13.2. The fourth-order valence-electron chi connectivity index (χ4n) is 3.35. The van der Waals surface area contributed by atoms with Gasteiger partial charge >= 0.3 is 6.18 Å². The topological polar surface area (TPSA) is 51.6 Å². The first kappa shape index (κ1) is 29.9. The van der Waals surface area contributed by atoms with E-state index in [0.29, 0.717) is 40.9 Å². The monoisotopic (exact) mass is 533 g/mol. The van der Waals surface area contributed by atoms with Gasteiger partial charge in [-0.15, -0.1) is 0 Å². The molecular weight excluding hydrogens is 503 g/mol. The highest BCUT2D eigenvalue weighted by molar-refractivity contribution is 6.32. The summed E-state index contributed by atoms with van der Waals surface area (Å²) in [6, 6.07) is 12.2. The lowest BCUT2D eigenvalue weighted by Gasteiger charge is -2.18. The normalized spacial score (nSPS) is 11.7. The Bertz CT molecular complexity index is 1200. The molecule has 0 saturated heterocycles. The van der Waals surface area contributed by atoms with E-state index in [9.17, 15) is 18.3 Å². The van der Waals surface area contributed by atoms with Crippen molar-refractivity contribution in [2.45, 2.75) is 52.5 Å².